The number of anilines is 2. The number of hydrogen-bond acceptors (Lipinski definition) is 5. The summed E-state index contributed by atoms with van der Waals surface area (Å²) in [4.78, 5) is 25.0. The zero-order valence-corrected chi connectivity index (χ0v) is 21.7. The molecule has 178 valence electrons. The van der Waals surface area contributed by atoms with Gasteiger partial charge < -0.3 is 20.1 Å². The van der Waals surface area contributed by atoms with Gasteiger partial charge in [-0.05, 0) is 83.5 Å². The topological polar surface area (TPSA) is 100 Å². The molecule has 3 aromatic rings. The van der Waals surface area contributed by atoms with E-state index in [1.54, 1.807) is 18.2 Å². The van der Waals surface area contributed by atoms with Crippen LogP contribution in [0.1, 0.15) is 16.7 Å². The van der Waals surface area contributed by atoms with Gasteiger partial charge in [0.05, 0.1) is 10.7 Å². The monoisotopic (exact) mass is 581 g/mol. The van der Waals surface area contributed by atoms with Gasteiger partial charge in [0.2, 0.25) is 0 Å². The number of nitrogens with one attached hydrogen (secondary N) is 2. The smallest absolute Gasteiger partial charge is 0.266 e. The van der Waals surface area contributed by atoms with E-state index in [1.165, 1.54) is 13.2 Å². The Morgan fingerprint density at radius 3 is 2.17 bits per heavy atom. The number of hydrogen-bond donors (Lipinski definition) is 2. The van der Waals surface area contributed by atoms with E-state index in [0.29, 0.717) is 26.3 Å². The van der Waals surface area contributed by atoms with Crippen molar-refractivity contribution in [3.05, 3.63) is 86.5 Å². The Labute approximate surface area is 217 Å². The van der Waals surface area contributed by atoms with Crippen molar-refractivity contribution in [2.24, 2.45) is 0 Å². The molecule has 0 fully saturated rings. The molecule has 0 aliphatic rings. The van der Waals surface area contributed by atoms with Crippen molar-refractivity contribution in [2.75, 3.05) is 24.4 Å². The first kappa shape index (κ1) is 25.8. The quantitative estimate of drug-likeness (QED) is 0.209. The molecule has 0 aliphatic carbocycles. The minimum absolute atomic E-state index is 0.0580. The maximum atomic E-state index is 12.7. The van der Waals surface area contributed by atoms with Crippen molar-refractivity contribution in [1.82, 2.24) is 0 Å². The number of carbonyl (C=O) groups excluding carboxylic acids is 2. The fraction of sp³-hybridized carbons (Fsp3) is 0.148. The van der Waals surface area contributed by atoms with Gasteiger partial charge in [0.25, 0.3) is 11.8 Å². The molecule has 3 rings (SSSR count). The van der Waals surface area contributed by atoms with Crippen molar-refractivity contribution in [2.45, 2.75) is 13.8 Å². The summed E-state index contributed by atoms with van der Waals surface area (Å²) in [6.07, 6.45) is 1.48. The lowest BCUT2D eigenvalue weighted by molar-refractivity contribution is -0.118. The molecule has 35 heavy (non-hydrogen) atoms. The predicted molar refractivity (Wildman–Crippen MR) is 144 cm³/mol. The first-order valence-electron chi connectivity index (χ1n) is 10.7. The second kappa shape index (κ2) is 12.0. The lowest BCUT2D eigenvalue weighted by Crippen LogP contribution is -2.21. The van der Waals surface area contributed by atoms with E-state index in [4.69, 9.17) is 9.47 Å². The van der Waals surface area contributed by atoms with Crippen LogP contribution in [0.2, 0.25) is 0 Å². The Morgan fingerprint density at radius 1 is 1.00 bits per heavy atom. The number of aryl methyl sites for hydroxylation is 2. The van der Waals surface area contributed by atoms with E-state index in [1.807, 2.05) is 62.4 Å². The number of amides is 2. The number of nitriles is 1. The molecule has 0 saturated heterocycles. The van der Waals surface area contributed by atoms with E-state index < -0.39 is 5.91 Å². The summed E-state index contributed by atoms with van der Waals surface area (Å²) in [5, 5.41) is 15.1. The Bertz CT molecular complexity index is 1330. The minimum atomic E-state index is -0.510. The molecule has 0 spiro atoms. The van der Waals surface area contributed by atoms with Crippen molar-refractivity contribution >= 4 is 51.9 Å². The molecule has 7 nitrogen and oxygen atoms in total. The highest BCUT2D eigenvalue weighted by molar-refractivity contribution is 14.1. The molecule has 0 radical (unpaired) electrons. The van der Waals surface area contributed by atoms with Gasteiger partial charge in [-0.25, -0.2) is 0 Å². The number of ether oxygens (including phenoxy) is 2. The Hall–Kier alpha value is -3.84. The van der Waals surface area contributed by atoms with Gasteiger partial charge >= 0.3 is 0 Å². The molecule has 8 heteroatoms. The van der Waals surface area contributed by atoms with E-state index in [-0.39, 0.29) is 18.1 Å². The zero-order chi connectivity index (χ0) is 25.4. The summed E-state index contributed by atoms with van der Waals surface area (Å²) in [7, 11) is 1.48. The molecule has 0 unspecified atom stereocenters. The first-order valence-corrected chi connectivity index (χ1v) is 11.7. The van der Waals surface area contributed by atoms with Gasteiger partial charge in [-0.1, -0.05) is 36.4 Å². The molecule has 0 aliphatic heterocycles. The summed E-state index contributed by atoms with van der Waals surface area (Å²) in [5.74, 6) is -0.0405. The van der Waals surface area contributed by atoms with Crippen molar-refractivity contribution in [3.63, 3.8) is 0 Å². The molecule has 0 saturated carbocycles. The highest BCUT2D eigenvalue weighted by Gasteiger charge is 2.16. The van der Waals surface area contributed by atoms with Gasteiger partial charge in [-0.3, -0.25) is 9.59 Å². The minimum Gasteiger partial charge on any atom is -0.493 e. The van der Waals surface area contributed by atoms with E-state index >= 15 is 0 Å². The average molecular weight is 581 g/mol. The van der Waals surface area contributed by atoms with Crippen LogP contribution in [0.3, 0.4) is 0 Å². The van der Waals surface area contributed by atoms with E-state index in [2.05, 4.69) is 33.2 Å². The van der Waals surface area contributed by atoms with Gasteiger partial charge in [0.1, 0.15) is 11.6 Å². The summed E-state index contributed by atoms with van der Waals surface area (Å²) >= 11 is 2.06. The fourth-order valence-corrected chi connectivity index (χ4v) is 4.00. The van der Waals surface area contributed by atoms with Crippen LogP contribution in [0, 0.1) is 28.7 Å². The van der Waals surface area contributed by atoms with Crippen LogP contribution in [0.5, 0.6) is 11.5 Å². The summed E-state index contributed by atoms with van der Waals surface area (Å²) < 4.78 is 11.9. The maximum Gasteiger partial charge on any atom is 0.266 e. The summed E-state index contributed by atoms with van der Waals surface area (Å²) in [5.41, 5.74) is 3.72. The predicted octanol–water partition coefficient (Wildman–Crippen LogP) is 5.48. The van der Waals surface area contributed by atoms with Gasteiger partial charge in [-0.15, -0.1) is 0 Å². The third kappa shape index (κ3) is 6.83. The normalized spacial score (nSPS) is 10.8. The lowest BCUT2D eigenvalue weighted by Gasteiger charge is -2.14. The number of methoxy groups -OCH3 is 1. The fourth-order valence-electron chi connectivity index (χ4n) is 3.22. The largest absolute Gasteiger partial charge is 0.493 e. The van der Waals surface area contributed by atoms with Crippen molar-refractivity contribution in [1.29, 1.82) is 5.26 Å². The van der Waals surface area contributed by atoms with Crippen LogP contribution in [0.4, 0.5) is 11.4 Å². The van der Waals surface area contributed by atoms with Gasteiger partial charge in [0, 0.05) is 11.4 Å². The molecular weight excluding hydrogens is 557 g/mol. The summed E-state index contributed by atoms with van der Waals surface area (Å²) in [6, 6.07) is 20.1. The van der Waals surface area contributed by atoms with E-state index in [9.17, 15) is 14.9 Å². The molecule has 0 aromatic heterocycles. The second-order valence-corrected chi connectivity index (χ2v) is 8.79. The maximum absolute atomic E-state index is 12.7. The van der Waals surface area contributed by atoms with Gasteiger partial charge in [-0.2, -0.15) is 5.26 Å². The average Bonchev–Trinajstić information content (AvgIpc) is 2.84. The second-order valence-electron chi connectivity index (χ2n) is 7.62. The lowest BCUT2D eigenvalue weighted by atomic mass is 10.1. The number of benzene rings is 3. The number of halogens is 1. The zero-order valence-electron chi connectivity index (χ0n) is 19.5. The molecule has 0 bridgehead atoms. The van der Waals surface area contributed by atoms with Crippen LogP contribution in [-0.2, 0) is 9.59 Å². The molecular formula is C27H24IN3O4. The number of nitrogens with zero attached hydrogens (tertiary/aromatic N) is 1. The van der Waals surface area contributed by atoms with Crippen LogP contribution >= 0.6 is 22.6 Å². The highest BCUT2D eigenvalue weighted by atomic mass is 127. The molecule has 2 N–H and O–H groups in total. The van der Waals surface area contributed by atoms with E-state index in [0.717, 1.165) is 16.8 Å². The number of carbonyl (C=O) groups is 2. The van der Waals surface area contributed by atoms with Gasteiger partial charge in [0.15, 0.2) is 18.1 Å². The van der Waals surface area contributed by atoms with Crippen LogP contribution < -0.4 is 20.1 Å². The number of rotatable bonds is 8. The molecule has 0 atom stereocenters. The highest BCUT2D eigenvalue weighted by Crippen LogP contribution is 2.34. The van der Waals surface area contributed by atoms with Crippen LogP contribution in [0.25, 0.3) is 6.08 Å². The molecule has 3 aromatic carbocycles. The SMILES string of the molecule is COc1cc(/C=C(/C#N)C(=O)Nc2ccccc2C)cc(I)c1OCC(=O)Nc1ccccc1C. The van der Waals surface area contributed by atoms with Crippen molar-refractivity contribution < 1.29 is 19.1 Å². The Balaban J connectivity index is 1.75. The van der Waals surface area contributed by atoms with Crippen LogP contribution in [-0.4, -0.2) is 25.5 Å². The Morgan fingerprint density at radius 2 is 1.60 bits per heavy atom. The third-order valence-electron chi connectivity index (χ3n) is 5.09. The Kier molecular flexibility index (Phi) is 8.86. The summed E-state index contributed by atoms with van der Waals surface area (Å²) in [6.45, 7) is 3.57. The first-order chi connectivity index (χ1) is 16.8. The number of para-hydroxylation sites is 2. The standard InChI is InChI=1S/C27H24IN3O4/c1-17-8-4-6-10-22(17)30-25(32)16-35-26-21(28)13-19(14-24(26)34-3)12-20(15-29)27(33)31-23-11-7-5-9-18(23)2/h4-14H,16H2,1-3H3,(H,30,32)(H,31,33)/b20-12-. The third-order valence-corrected chi connectivity index (χ3v) is 5.89. The van der Waals surface area contributed by atoms with Crippen molar-refractivity contribution in [3.8, 4) is 17.6 Å². The molecule has 2 amide bonds. The molecule has 0 heterocycles. The van der Waals surface area contributed by atoms with Crippen LogP contribution in [0.15, 0.2) is 66.2 Å².